The van der Waals surface area contributed by atoms with Crippen molar-refractivity contribution in [1.82, 2.24) is 5.32 Å². The molecule has 1 aliphatic rings. The Morgan fingerprint density at radius 2 is 2.25 bits per heavy atom. The van der Waals surface area contributed by atoms with Gasteiger partial charge < -0.3 is 10.4 Å². The van der Waals surface area contributed by atoms with Crippen LogP contribution < -0.4 is 5.32 Å². The van der Waals surface area contributed by atoms with E-state index in [1.54, 1.807) is 0 Å². The van der Waals surface area contributed by atoms with Crippen LogP contribution in [0.4, 0.5) is 0 Å². The molecule has 1 aromatic carbocycles. The highest BCUT2D eigenvalue weighted by atomic mass is 79.9. The second-order valence-electron chi connectivity index (χ2n) is 4.11. The van der Waals surface area contributed by atoms with E-state index >= 15 is 0 Å². The molecule has 2 rings (SSSR count). The third-order valence-corrected chi connectivity index (χ3v) is 3.56. The smallest absolute Gasteiger partial charge is 0.134 e. The van der Waals surface area contributed by atoms with Gasteiger partial charge in [0.2, 0.25) is 0 Å². The molecule has 0 radical (unpaired) electrons. The lowest BCUT2D eigenvalue weighted by atomic mass is 10.0. The lowest BCUT2D eigenvalue weighted by Crippen LogP contribution is -2.29. The number of rotatable bonds is 3. The summed E-state index contributed by atoms with van der Waals surface area (Å²) in [5, 5.41) is 13.3. The van der Waals surface area contributed by atoms with E-state index < -0.39 is 0 Å². The molecule has 86 valence electrons. The monoisotopic (exact) mass is 281 g/mol. The molecule has 1 aromatic rings. The molecule has 16 heavy (non-hydrogen) atoms. The molecular formula is C13H16BrNO. The fourth-order valence-corrected chi connectivity index (χ4v) is 2.34. The molecule has 0 bridgehead atoms. The Bertz CT molecular complexity index is 390. The zero-order chi connectivity index (χ0) is 11.4. The van der Waals surface area contributed by atoms with Crippen molar-refractivity contribution in [2.45, 2.75) is 31.8 Å². The van der Waals surface area contributed by atoms with E-state index in [1.807, 2.05) is 18.2 Å². The molecule has 0 fully saturated rings. The second kappa shape index (κ2) is 5.51. The average Bonchev–Trinajstić information content (AvgIpc) is 2.32. The number of benzene rings is 1. The van der Waals surface area contributed by atoms with Crippen molar-refractivity contribution >= 4 is 15.9 Å². The Balaban J connectivity index is 1.94. The Kier molecular flexibility index (Phi) is 4.02. The summed E-state index contributed by atoms with van der Waals surface area (Å²) in [6, 6.07) is 6.29. The van der Waals surface area contributed by atoms with Crippen molar-refractivity contribution in [3.05, 3.63) is 40.4 Å². The first kappa shape index (κ1) is 11.7. The molecule has 0 spiro atoms. The number of nitrogens with one attached hydrogen (secondary N) is 1. The molecule has 0 amide bonds. The maximum atomic E-state index is 9.83. The van der Waals surface area contributed by atoms with Gasteiger partial charge in [-0.1, -0.05) is 24.3 Å². The number of para-hydroxylation sites is 1. The Morgan fingerprint density at radius 1 is 1.38 bits per heavy atom. The fourth-order valence-electron chi connectivity index (χ4n) is 1.94. The van der Waals surface area contributed by atoms with Gasteiger partial charge in [-0.2, -0.15) is 0 Å². The van der Waals surface area contributed by atoms with Gasteiger partial charge >= 0.3 is 0 Å². The normalized spacial score (nSPS) is 19.9. The molecule has 1 atom stereocenters. The summed E-state index contributed by atoms with van der Waals surface area (Å²) in [4.78, 5) is 0. The minimum atomic E-state index is 0.348. The number of halogens is 1. The van der Waals surface area contributed by atoms with Crippen molar-refractivity contribution in [3.8, 4) is 5.75 Å². The summed E-state index contributed by atoms with van der Waals surface area (Å²) in [7, 11) is 0. The van der Waals surface area contributed by atoms with Crippen LogP contribution in [0.15, 0.2) is 34.8 Å². The highest BCUT2D eigenvalue weighted by molar-refractivity contribution is 9.10. The molecule has 0 aliphatic heterocycles. The molecular weight excluding hydrogens is 266 g/mol. The van der Waals surface area contributed by atoms with Gasteiger partial charge in [0.1, 0.15) is 5.75 Å². The van der Waals surface area contributed by atoms with Crippen LogP contribution >= 0.6 is 15.9 Å². The van der Waals surface area contributed by atoms with Crippen molar-refractivity contribution in [2.24, 2.45) is 0 Å². The number of phenols is 1. The third-order valence-electron chi connectivity index (χ3n) is 2.92. The van der Waals surface area contributed by atoms with Crippen LogP contribution in [0.2, 0.25) is 0 Å². The minimum absolute atomic E-state index is 0.348. The van der Waals surface area contributed by atoms with E-state index in [0.29, 0.717) is 11.8 Å². The number of allylic oxidation sites excluding steroid dienone is 1. The maximum absolute atomic E-state index is 9.83. The van der Waals surface area contributed by atoms with Gasteiger partial charge in [-0.3, -0.25) is 0 Å². The standard InChI is InChI=1S/C13H16BrNO/c14-12-8-4-5-10(13(12)16)9-15-11-6-2-1-3-7-11/h1-2,4-5,8,11,15-16H,3,6-7,9H2. The average molecular weight is 282 g/mol. The summed E-state index contributed by atoms with van der Waals surface area (Å²) in [5.74, 6) is 0.348. The van der Waals surface area contributed by atoms with Crippen LogP contribution in [0.3, 0.4) is 0 Å². The topological polar surface area (TPSA) is 32.3 Å². The summed E-state index contributed by atoms with van der Waals surface area (Å²) in [6.45, 7) is 0.726. The summed E-state index contributed by atoms with van der Waals surface area (Å²) in [6.07, 6.45) is 7.89. The molecule has 1 aliphatic carbocycles. The van der Waals surface area contributed by atoms with Gasteiger partial charge in [0.15, 0.2) is 0 Å². The van der Waals surface area contributed by atoms with Gasteiger partial charge in [-0.25, -0.2) is 0 Å². The Hall–Kier alpha value is -0.800. The SMILES string of the molecule is Oc1c(Br)cccc1CNC1CC=CCC1. The number of hydrogen-bond donors (Lipinski definition) is 2. The Labute approximate surface area is 105 Å². The van der Waals surface area contributed by atoms with E-state index in [0.717, 1.165) is 29.4 Å². The van der Waals surface area contributed by atoms with Crippen LogP contribution in [0, 0.1) is 0 Å². The predicted molar refractivity (Wildman–Crippen MR) is 69.4 cm³/mol. The third kappa shape index (κ3) is 2.86. The first-order chi connectivity index (χ1) is 7.77. The van der Waals surface area contributed by atoms with E-state index in [4.69, 9.17) is 0 Å². The van der Waals surface area contributed by atoms with Gasteiger partial charge in [0, 0.05) is 18.2 Å². The van der Waals surface area contributed by atoms with Crippen LogP contribution in [0.25, 0.3) is 0 Å². The van der Waals surface area contributed by atoms with Crippen LogP contribution in [-0.4, -0.2) is 11.1 Å². The van der Waals surface area contributed by atoms with Crippen LogP contribution in [-0.2, 0) is 6.54 Å². The Morgan fingerprint density at radius 3 is 3.00 bits per heavy atom. The molecule has 0 saturated carbocycles. The van der Waals surface area contributed by atoms with Crippen molar-refractivity contribution < 1.29 is 5.11 Å². The molecule has 2 nitrogen and oxygen atoms in total. The van der Waals surface area contributed by atoms with E-state index in [9.17, 15) is 5.11 Å². The van der Waals surface area contributed by atoms with Gasteiger partial charge in [0.05, 0.1) is 4.47 Å². The molecule has 1 unspecified atom stereocenters. The molecule has 2 N–H and O–H groups in total. The van der Waals surface area contributed by atoms with Crippen molar-refractivity contribution in [3.63, 3.8) is 0 Å². The second-order valence-corrected chi connectivity index (χ2v) is 4.96. The number of aromatic hydroxyl groups is 1. The molecule has 0 heterocycles. The number of hydrogen-bond acceptors (Lipinski definition) is 2. The lowest BCUT2D eigenvalue weighted by Gasteiger charge is -2.19. The zero-order valence-corrected chi connectivity index (χ0v) is 10.7. The van der Waals surface area contributed by atoms with Gasteiger partial charge in [0.25, 0.3) is 0 Å². The van der Waals surface area contributed by atoms with Crippen molar-refractivity contribution in [2.75, 3.05) is 0 Å². The largest absolute Gasteiger partial charge is 0.506 e. The zero-order valence-electron chi connectivity index (χ0n) is 9.12. The van der Waals surface area contributed by atoms with Crippen molar-refractivity contribution in [1.29, 1.82) is 0 Å². The minimum Gasteiger partial charge on any atom is -0.506 e. The fraction of sp³-hybridized carbons (Fsp3) is 0.385. The van der Waals surface area contributed by atoms with E-state index in [2.05, 4.69) is 33.4 Å². The molecule has 0 saturated heterocycles. The maximum Gasteiger partial charge on any atom is 0.134 e. The van der Waals surface area contributed by atoms with Gasteiger partial charge in [-0.05, 0) is 41.3 Å². The van der Waals surface area contributed by atoms with E-state index in [1.165, 1.54) is 6.42 Å². The summed E-state index contributed by atoms with van der Waals surface area (Å²) in [5.41, 5.74) is 0.948. The lowest BCUT2D eigenvalue weighted by molar-refractivity contribution is 0.442. The highest BCUT2D eigenvalue weighted by Gasteiger charge is 2.10. The van der Waals surface area contributed by atoms with E-state index in [-0.39, 0.29) is 0 Å². The van der Waals surface area contributed by atoms with Crippen LogP contribution in [0.5, 0.6) is 5.75 Å². The highest BCUT2D eigenvalue weighted by Crippen LogP contribution is 2.27. The molecule has 0 aromatic heterocycles. The van der Waals surface area contributed by atoms with Gasteiger partial charge in [-0.15, -0.1) is 0 Å². The molecule has 3 heteroatoms. The first-order valence-electron chi connectivity index (χ1n) is 5.62. The predicted octanol–water partition coefficient (Wildman–Crippen LogP) is 3.35. The summed E-state index contributed by atoms with van der Waals surface area (Å²) < 4.78 is 0.760. The first-order valence-corrected chi connectivity index (χ1v) is 6.41. The number of phenolic OH excluding ortho intramolecular Hbond substituents is 1. The summed E-state index contributed by atoms with van der Waals surface area (Å²) >= 11 is 3.32. The quantitative estimate of drug-likeness (QED) is 0.833. The van der Waals surface area contributed by atoms with Crippen LogP contribution in [0.1, 0.15) is 24.8 Å².